The van der Waals surface area contributed by atoms with E-state index in [-0.39, 0.29) is 6.04 Å². The third kappa shape index (κ3) is 3.09. The molecule has 2 aromatic rings. The standard InChI is InChI=1S/C15H17NO2/c1-11(16)15(17)12-7-9-14(10-8-12)18-13-5-3-2-4-6-13/h2-11,15,17H,16H2,1H3. The maximum atomic E-state index is 9.81. The van der Waals surface area contributed by atoms with Crippen LogP contribution in [0.2, 0.25) is 0 Å². The summed E-state index contributed by atoms with van der Waals surface area (Å²) in [5.74, 6) is 1.53. The Morgan fingerprint density at radius 3 is 2.06 bits per heavy atom. The number of para-hydroxylation sites is 1. The summed E-state index contributed by atoms with van der Waals surface area (Å²) in [5.41, 5.74) is 6.44. The van der Waals surface area contributed by atoms with Crippen LogP contribution < -0.4 is 10.5 Å². The molecule has 0 radical (unpaired) electrons. The number of nitrogens with two attached hydrogens (primary N) is 1. The first-order valence-electron chi connectivity index (χ1n) is 5.93. The van der Waals surface area contributed by atoms with Gasteiger partial charge in [-0.15, -0.1) is 0 Å². The lowest BCUT2D eigenvalue weighted by molar-refractivity contribution is 0.153. The fourth-order valence-corrected chi connectivity index (χ4v) is 1.66. The summed E-state index contributed by atoms with van der Waals surface area (Å²) in [4.78, 5) is 0. The van der Waals surface area contributed by atoms with Crippen molar-refractivity contribution in [1.82, 2.24) is 0 Å². The molecule has 0 amide bonds. The second kappa shape index (κ2) is 5.67. The van der Waals surface area contributed by atoms with Gasteiger partial charge in [-0.05, 0) is 36.8 Å². The average Bonchev–Trinajstić information content (AvgIpc) is 2.40. The van der Waals surface area contributed by atoms with Gasteiger partial charge in [0.2, 0.25) is 0 Å². The van der Waals surface area contributed by atoms with Crippen molar-refractivity contribution in [2.24, 2.45) is 5.73 Å². The van der Waals surface area contributed by atoms with Crippen LogP contribution in [0.3, 0.4) is 0 Å². The zero-order valence-electron chi connectivity index (χ0n) is 10.3. The fourth-order valence-electron chi connectivity index (χ4n) is 1.66. The van der Waals surface area contributed by atoms with E-state index in [1.54, 1.807) is 6.92 Å². The zero-order valence-corrected chi connectivity index (χ0v) is 10.3. The maximum absolute atomic E-state index is 9.81. The lowest BCUT2D eigenvalue weighted by Crippen LogP contribution is -2.24. The van der Waals surface area contributed by atoms with Crippen molar-refractivity contribution in [3.8, 4) is 11.5 Å². The summed E-state index contributed by atoms with van der Waals surface area (Å²) < 4.78 is 5.66. The zero-order chi connectivity index (χ0) is 13.0. The number of rotatable bonds is 4. The highest BCUT2D eigenvalue weighted by Gasteiger charge is 2.11. The molecule has 0 aromatic heterocycles. The van der Waals surface area contributed by atoms with Crippen molar-refractivity contribution >= 4 is 0 Å². The molecule has 94 valence electrons. The van der Waals surface area contributed by atoms with Crippen LogP contribution in [0.1, 0.15) is 18.6 Å². The first-order valence-corrected chi connectivity index (χ1v) is 5.93. The molecule has 0 fully saturated rings. The quantitative estimate of drug-likeness (QED) is 0.868. The Kier molecular flexibility index (Phi) is 3.97. The molecule has 18 heavy (non-hydrogen) atoms. The summed E-state index contributed by atoms with van der Waals surface area (Å²) in [6.07, 6.45) is -0.643. The normalized spacial score (nSPS) is 13.9. The fraction of sp³-hybridized carbons (Fsp3) is 0.200. The number of hydrogen-bond donors (Lipinski definition) is 2. The van der Waals surface area contributed by atoms with Gasteiger partial charge in [0.05, 0.1) is 6.10 Å². The molecule has 0 spiro atoms. The first-order chi connectivity index (χ1) is 8.66. The van der Waals surface area contributed by atoms with E-state index in [4.69, 9.17) is 10.5 Å². The molecule has 3 N–H and O–H groups in total. The summed E-state index contributed by atoms with van der Waals surface area (Å²) in [7, 11) is 0. The molecule has 0 heterocycles. The van der Waals surface area contributed by atoms with E-state index in [0.29, 0.717) is 0 Å². The second-order valence-electron chi connectivity index (χ2n) is 4.29. The Morgan fingerprint density at radius 2 is 1.50 bits per heavy atom. The van der Waals surface area contributed by atoms with Gasteiger partial charge in [0.25, 0.3) is 0 Å². The molecule has 0 aliphatic rings. The van der Waals surface area contributed by atoms with Crippen molar-refractivity contribution in [3.05, 3.63) is 60.2 Å². The van der Waals surface area contributed by atoms with Crippen molar-refractivity contribution in [2.45, 2.75) is 19.1 Å². The molecule has 0 saturated heterocycles. The molecule has 0 saturated carbocycles. The predicted octanol–water partition coefficient (Wildman–Crippen LogP) is 2.86. The molecular formula is C15H17NO2. The highest BCUT2D eigenvalue weighted by molar-refractivity contribution is 5.33. The molecule has 2 unspecified atom stereocenters. The third-order valence-corrected chi connectivity index (χ3v) is 2.70. The van der Waals surface area contributed by atoms with Gasteiger partial charge in [-0.1, -0.05) is 30.3 Å². The van der Waals surface area contributed by atoms with Gasteiger partial charge in [0.1, 0.15) is 11.5 Å². The maximum Gasteiger partial charge on any atom is 0.127 e. The predicted molar refractivity (Wildman–Crippen MR) is 71.6 cm³/mol. The van der Waals surface area contributed by atoms with Crippen molar-refractivity contribution < 1.29 is 9.84 Å². The minimum absolute atomic E-state index is 0.286. The van der Waals surface area contributed by atoms with E-state index in [1.165, 1.54) is 0 Å². The molecule has 0 bridgehead atoms. The highest BCUT2D eigenvalue weighted by Crippen LogP contribution is 2.23. The molecule has 0 aliphatic carbocycles. The summed E-state index contributed by atoms with van der Waals surface area (Å²) in [5, 5.41) is 9.81. The van der Waals surface area contributed by atoms with Crippen molar-refractivity contribution in [1.29, 1.82) is 0 Å². The first kappa shape index (κ1) is 12.6. The summed E-state index contributed by atoms with van der Waals surface area (Å²) in [6, 6.07) is 16.6. The Bertz CT molecular complexity index is 480. The van der Waals surface area contributed by atoms with Crippen LogP contribution >= 0.6 is 0 Å². The Labute approximate surface area is 107 Å². The minimum atomic E-state index is -0.643. The monoisotopic (exact) mass is 243 g/mol. The average molecular weight is 243 g/mol. The molecule has 0 aliphatic heterocycles. The number of benzene rings is 2. The van der Waals surface area contributed by atoms with Gasteiger partial charge < -0.3 is 15.6 Å². The third-order valence-electron chi connectivity index (χ3n) is 2.70. The summed E-state index contributed by atoms with van der Waals surface area (Å²) >= 11 is 0. The molecule has 3 nitrogen and oxygen atoms in total. The van der Waals surface area contributed by atoms with Gasteiger partial charge in [-0.25, -0.2) is 0 Å². The van der Waals surface area contributed by atoms with E-state index in [1.807, 2.05) is 54.6 Å². The SMILES string of the molecule is CC(N)C(O)c1ccc(Oc2ccccc2)cc1. The smallest absolute Gasteiger partial charge is 0.127 e. The molecular weight excluding hydrogens is 226 g/mol. The van der Waals surface area contributed by atoms with Crippen LogP contribution in [0, 0.1) is 0 Å². The van der Waals surface area contributed by atoms with E-state index in [9.17, 15) is 5.11 Å². The van der Waals surface area contributed by atoms with Crippen LogP contribution in [0.5, 0.6) is 11.5 Å². The second-order valence-corrected chi connectivity index (χ2v) is 4.29. The number of ether oxygens (including phenoxy) is 1. The minimum Gasteiger partial charge on any atom is -0.457 e. The van der Waals surface area contributed by atoms with Crippen LogP contribution in [0.4, 0.5) is 0 Å². The topological polar surface area (TPSA) is 55.5 Å². The molecule has 3 heteroatoms. The number of hydrogen-bond acceptors (Lipinski definition) is 3. The van der Waals surface area contributed by atoms with E-state index in [2.05, 4.69) is 0 Å². The largest absolute Gasteiger partial charge is 0.457 e. The van der Waals surface area contributed by atoms with Crippen molar-refractivity contribution in [2.75, 3.05) is 0 Å². The Balaban J connectivity index is 2.09. The Morgan fingerprint density at radius 1 is 0.944 bits per heavy atom. The van der Waals surface area contributed by atoms with Crippen LogP contribution in [0.25, 0.3) is 0 Å². The molecule has 2 aromatic carbocycles. The van der Waals surface area contributed by atoms with Crippen molar-refractivity contribution in [3.63, 3.8) is 0 Å². The summed E-state index contributed by atoms with van der Waals surface area (Å²) in [6.45, 7) is 1.78. The Hall–Kier alpha value is -1.84. The molecule has 2 atom stereocenters. The van der Waals surface area contributed by atoms with Gasteiger partial charge >= 0.3 is 0 Å². The highest BCUT2D eigenvalue weighted by atomic mass is 16.5. The van der Waals surface area contributed by atoms with Gasteiger partial charge in [-0.3, -0.25) is 0 Å². The van der Waals surface area contributed by atoms with Gasteiger partial charge in [0, 0.05) is 6.04 Å². The number of aliphatic hydroxyl groups is 1. The van der Waals surface area contributed by atoms with Crippen LogP contribution in [-0.2, 0) is 0 Å². The number of aliphatic hydroxyl groups excluding tert-OH is 1. The van der Waals surface area contributed by atoms with Crippen LogP contribution in [0.15, 0.2) is 54.6 Å². The molecule has 2 rings (SSSR count). The van der Waals surface area contributed by atoms with Gasteiger partial charge in [-0.2, -0.15) is 0 Å². The lowest BCUT2D eigenvalue weighted by atomic mass is 10.0. The van der Waals surface area contributed by atoms with Crippen LogP contribution in [-0.4, -0.2) is 11.1 Å². The lowest BCUT2D eigenvalue weighted by Gasteiger charge is -2.15. The van der Waals surface area contributed by atoms with E-state index >= 15 is 0 Å². The van der Waals surface area contributed by atoms with E-state index < -0.39 is 6.10 Å². The van der Waals surface area contributed by atoms with E-state index in [0.717, 1.165) is 17.1 Å². The van der Waals surface area contributed by atoms with Gasteiger partial charge in [0.15, 0.2) is 0 Å².